The van der Waals surface area contributed by atoms with Gasteiger partial charge in [0.05, 0.1) is 17.5 Å². The molecule has 7 heteroatoms. The lowest BCUT2D eigenvalue weighted by atomic mass is 10.1. The van der Waals surface area contributed by atoms with E-state index in [1.54, 1.807) is 25.2 Å². The molecule has 1 saturated heterocycles. The lowest BCUT2D eigenvalue weighted by Gasteiger charge is -2.15. The second-order valence-electron chi connectivity index (χ2n) is 6.00. The average Bonchev–Trinajstić information content (AvgIpc) is 2.77. The third-order valence-corrected chi connectivity index (χ3v) is 4.23. The Hall–Kier alpha value is -2.70. The number of amides is 2. The van der Waals surface area contributed by atoms with Crippen LogP contribution in [0.1, 0.15) is 25.0 Å². The van der Waals surface area contributed by atoms with E-state index in [0.29, 0.717) is 29.4 Å². The summed E-state index contributed by atoms with van der Waals surface area (Å²) >= 11 is 0. The molecular weight excluding hydrogens is 308 g/mol. The quantitative estimate of drug-likeness (QED) is 0.845. The van der Waals surface area contributed by atoms with E-state index in [1.807, 2.05) is 6.07 Å². The Labute approximate surface area is 139 Å². The maximum Gasteiger partial charge on any atom is 0.274 e. The normalized spacial score (nSPS) is 18.0. The zero-order chi connectivity index (χ0) is 17.1. The molecule has 24 heavy (non-hydrogen) atoms. The summed E-state index contributed by atoms with van der Waals surface area (Å²) in [5.74, 6) is -0.410. The van der Waals surface area contributed by atoms with Crippen LogP contribution in [0.2, 0.25) is 0 Å². The predicted octanol–water partition coefficient (Wildman–Crippen LogP) is 0.261. The van der Waals surface area contributed by atoms with E-state index in [-0.39, 0.29) is 23.8 Å². The Bertz CT molecular complexity index is 843. The molecule has 1 aliphatic heterocycles. The van der Waals surface area contributed by atoms with E-state index < -0.39 is 6.04 Å². The van der Waals surface area contributed by atoms with Crippen LogP contribution in [0.4, 0.5) is 0 Å². The summed E-state index contributed by atoms with van der Waals surface area (Å²) in [4.78, 5) is 36.4. The molecule has 0 saturated carbocycles. The molecule has 3 rings (SSSR count). The molecule has 0 aliphatic carbocycles. The van der Waals surface area contributed by atoms with Gasteiger partial charge in [-0.3, -0.25) is 14.4 Å². The van der Waals surface area contributed by atoms with Gasteiger partial charge in [-0.1, -0.05) is 18.2 Å². The topological polar surface area (TPSA) is 93.1 Å². The fourth-order valence-electron chi connectivity index (χ4n) is 2.98. The van der Waals surface area contributed by atoms with Crippen LogP contribution >= 0.6 is 0 Å². The largest absolute Gasteiger partial charge is 0.354 e. The molecule has 2 amide bonds. The molecule has 2 heterocycles. The third kappa shape index (κ3) is 3.29. The Morgan fingerprint density at radius 2 is 2.04 bits per heavy atom. The molecule has 1 aromatic carbocycles. The van der Waals surface area contributed by atoms with Gasteiger partial charge < -0.3 is 10.6 Å². The highest BCUT2D eigenvalue weighted by Gasteiger charge is 2.23. The van der Waals surface area contributed by atoms with Gasteiger partial charge in [0.15, 0.2) is 0 Å². The molecule has 2 aromatic rings. The number of carbonyl (C=O) groups excluding carboxylic acids is 2. The van der Waals surface area contributed by atoms with Crippen molar-refractivity contribution in [2.45, 2.75) is 31.7 Å². The minimum absolute atomic E-state index is 0.0262. The minimum atomic E-state index is -0.501. The average molecular weight is 328 g/mol. The van der Waals surface area contributed by atoms with Crippen molar-refractivity contribution in [3.05, 3.63) is 40.3 Å². The van der Waals surface area contributed by atoms with Crippen LogP contribution in [0.5, 0.6) is 0 Å². The van der Waals surface area contributed by atoms with Crippen LogP contribution in [-0.4, -0.2) is 34.2 Å². The minimum Gasteiger partial charge on any atom is -0.354 e. The predicted molar refractivity (Wildman–Crippen MR) is 89.5 cm³/mol. The van der Waals surface area contributed by atoms with Crippen molar-refractivity contribution in [2.24, 2.45) is 7.05 Å². The number of benzene rings is 1. The zero-order valence-electron chi connectivity index (χ0n) is 13.5. The molecular formula is C17H20N4O3. The summed E-state index contributed by atoms with van der Waals surface area (Å²) < 4.78 is 1.24. The van der Waals surface area contributed by atoms with Crippen molar-refractivity contribution in [1.82, 2.24) is 20.4 Å². The Balaban J connectivity index is 1.82. The number of hydrogen-bond acceptors (Lipinski definition) is 4. The Kier molecular flexibility index (Phi) is 4.59. The Morgan fingerprint density at radius 3 is 2.83 bits per heavy atom. The number of hydrogen-bond donors (Lipinski definition) is 2. The van der Waals surface area contributed by atoms with E-state index in [0.717, 1.165) is 12.8 Å². The van der Waals surface area contributed by atoms with Gasteiger partial charge in [-0.05, 0) is 25.3 Å². The van der Waals surface area contributed by atoms with Crippen LogP contribution in [0.3, 0.4) is 0 Å². The van der Waals surface area contributed by atoms with Crippen molar-refractivity contribution in [1.29, 1.82) is 0 Å². The molecule has 0 unspecified atom stereocenters. The van der Waals surface area contributed by atoms with Crippen LogP contribution in [0.15, 0.2) is 29.1 Å². The van der Waals surface area contributed by atoms with Gasteiger partial charge in [0.2, 0.25) is 11.8 Å². The fraction of sp³-hybridized carbons (Fsp3) is 0.412. The maximum atomic E-state index is 12.4. The molecule has 1 aromatic heterocycles. The summed E-state index contributed by atoms with van der Waals surface area (Å²) in [7, 11) is 1.56. The number of aromatic nitrogens is 2. The molecule has 7 nitrogen and oxygen atoms in total. The van der Waals surface area contributed by atoms with Gasteiger partial charge in [0.25, 0.3) is 5.56 Å². The number of nitrogens with zero attached hydrogens (tertiary/aromatic N) is 2. The van der Waals surface area contributed by atoms with Gasteiger partial charge in [-0.15, -0.1) is 0 Å². The van der Waals surface area contributed by atoms with E-state index in [4.69, 9.17) is 0 Å². The van der Waals surface area contributed by atoms with Crippen molar-refractivity contribution in [3.63, 3.8) is 0 Å². The highest BCUT2D eigenvalue weighted by atomic mass is 16.2. The Morgan fingerprint density at radius 1 is 1.29 bits per heavy atom. The van der Waals surface area contributed by atoms with E-state index in [1.165, 1.54) is 4.68 Å². The molecule has 0 bridgehead atoms. The first kappa shape index (κ1) is 16.2. The SMILES string of the molecule is Cn1nc(CC(=O)N[C@H]2CCCCNC2=O)c2ccccc2c1=O. The maximum absolute atomic E-state index is 12.4. The summed E-state index contributed by atoms with van der Waals surface area (Å²) in [5, 5.41) is 11.0. The lowest BCUT2D eigenvalue weighted by Crippen LogP contribution is -2.46. The van der Waals surface area contributed by atoms with Crippen LogP contribution in [0, 0.1) is 0 Å². The van der Waals surface area contributed by atoms with Crippen molar-refractivity contribution < 1.29 is 9.59 Å². The number of aryl methyl sites for hydroxylation is 1. The highest BCUT2D eigenvalue weighted by Crippen LogP contribution is 2.14. The van der Waals surface area contributed by atoms with Gasteiger partial charge in [0.1, 0.15) is 6.04 Å². The van der Waals surface area contributed by atoms with Crippen molar-refractivity contribution >= 4 is 22.6 Å². The third-order valence-electron chi connectivity index (χ3n) is 4.23. The first-order chi connectivity index (χ1) is 11.6. The van der Waals surface area contributed by atoms with E-state index >= 15 is 0 Å². The number of carbonyl (C=O) groups is 2. The van der Waals surface area contributed by atoms with E-state index in [9.17, 15) is 14.4 Å². The van der Waals surface area contributed by atoms with Crippen LogP contribution in [0.25, 0.3) is 10.8 Å². The fourth-order valence-corrected chi connectivity index (χ4v) is 2.98. The smallest absolute Gasteiger partial charge is 0.274 e. The van der Waals surface area contributed by atoms with Gasteiger partial charge in [-0.25, -0.2) is 4.68 Å². The molecule has 0 spiro atoms. The second-order valence-corrected chi connectivity index (χ2v) is 6.00. The lowest BCUT2D eigenvalue weighted by molar-refractivity contribution is -0.128. The summed E-state index contributed by atoms with van der Waals surface area (Å²) in [6, 6.07) is 6.59. The van der Waals surface area contributed by atoms with Crippen LogP contribution < -0.4 is 16.2 Å². The summed E-state index contributed by atoms with van der Waals surface area (Å²) in [6.07, 6.45) is 2.48. The number of nitrogens with one attached hydrogen (secondary N) is 2. The number of fused-ring (bicyclic) bond motifs is 1. The second kappa shape index (κ2) is 6.82. The first-order valence-electron chi connectivity index (χ1n) is 8.08. The highest BCUT2D eigenvalue weighted by molar-refractivity contribution is 5.91. The standard InChI is InChI=1S/C17H20N4O3/c1-21-17(24)12-7-3-2-6-11(12)14(20-21)10-15(22)19-13-8-4-5-9-18-16(13)23/h2-3,6-7,13H,4-5,8-10H2,1H3,(H,18,23)(H,19,22)/t13-/m0/s1. The molecule has 1 aliphatic rings. The summed E-state index contributed by atoms with van der Waals surface area (Å²) in [6.45, 7) is 0.651. The molecule has 1 atom stereocenters. The van der Waals surface area contributed by atoms with E-state index in [2.05, 4.69) is 15.7 Å². The van der Waals surface area contributed by atoms with Crippen LogP contribution in [-0.2, 0) is 23.1 Å². The summed E-state index contributed by atoms with van der Waals surface area (Å²) in [5.41, 5.74) is 0.331. The number of rotatable bonds is 3. The monoisotopic (exact) mass is 328 g/mol. The first-order valence-corrected chi connectivity index (χ1v) is 8.08. The molecule has 2 N–H and O–H groups in total. The van der Waals surface area contributed by atoms with Gasteiger partial charge in [0, 0.05) is 19.0 Å². The van der Waals surface area contributed by atoms with Crippen molar-refractivity contribution in [3.8, 4) is 0 Å². The van der Waals surface area contributed by atoms with Gasteiger partial charge in [-0.2, -0.15) is 5.10 Å². The zero-order valence-corrected chi connectivity index (χ0v) is 13.5. The molecule has 0 radical (unpaired) electrons. The molecule has 1 fully saturated rings. The van der Waals surface area contributed by atoms with Crippen molar-refractivity contribution in [2.75, 3.05) is 6.54 Å². The molecule has 126 valence electrons. The van der Waals surface area contributed by atoms with Gasteiger partial charge >= 0.3 is 0 Å².